The lowest BCUT2D eigenvalue weighted by Crippen LogP contribution is -2.04. The Morgan fingerprint density at radius 3 is 2.94 bits per heavy atom. The number of pyridine rings is 1. The summed E-state index contributed by atoms with van der Waals surface area (Å²) >= 11 is 0. The highest BCUT2D eigenvalue weighted by Crippen LogP contribution is 2.36. The van der Waals surface area contributed by atoms with Crippen LogP contribution in [0.15, 0.2) is 29.1 Å². The fourth-order valence-electron chi connectivity index (χ4n) is 1.93. The minimum Gasteiger partial charge on any atom is -0.495 e. The molecule has 1 atom stereocenters. The zero-order valence-corrected chi connectivity index (χ0v) is 8.82. The number of aromatic amines is 1. The number of benzene rings is 1. The molecule has 1 N–H and O–H groups in total. The summed E-state index contributed by atoms with van der Waals surface area (Å²) in [6.45, 7) is 0.751. The highest BCUT2D eigenvalue weighted by molar-refractivity contribution is 5.87. The van der Waals surface area contributed by atoms with E-state index in [0.29, 0.717) is 5.75 Å². The number of aromatic nitrogens is 1. The maximum atomic E-state index is 11.3. The molecule has 0 unspecified atom stereocenters. The fourth-order valence-corrected chi connectivity index (χ4v) is 1.93. The van der Waals surface area contributed by atoms with E-state index in [0.717, 1.165) is 23.1 Å². The lowest BCUT2D eigenvalue weighted by Gasteiger charge is -2.08. The molecular formula is C12H13NO3. The van der Waals surface area contributed by atoms with E-state index < -0.39 is 0 Å². The molecule has 4 nitrogen and oxygen atoms in total. The third-order valence-corrected chi connectivity index (χ3v) is 2.79. The van der Waals surface area contributed by atoms with Crippen molar-refractivity contribution in [2.24, 2.45) is 0 Å². The van der Waals surface area contributed by atoms with Crippen LogP contribution >= 0.6 is 0 Å². The Balaban J connectivity index is 0.00000108. The zero-order chi connectivity index (χ0) is 11.1. The molecule has 1 aliphatic rings. The summed E-state index contributed by atoms with van der Waals surface area (Å²) in [5.41, 5.74) is 1.72. The molecule has 1 saturated heterocycles. The van der Waals surface area contributed by atoms with Gasteiger partial charge in [-0.05, 0) is 17.7 Å². The maximum Gasteiger partial charge on any atom is 0.248 e. The molecule has 1 aromatic heterocycles. The lowest BCUT2D eigenvalue weighted by atomic mass is 10.1. The van der Waals surface area contributed by atoms with Crippen LogP contribution in [-0.4, -0.2) is 18.7 Å². The van der Waals surface area contributed by atoms with Gasteiger partial charge in [-0.1, -0.05) is 6.07 Å². The molecule has 0 spiro atoms. The summed E-state index contributed by atoms with van der Waals surface area (Å²) < 4.78 is 10.5. The Bertz CT molecular complexity index is 604. The van der Waals surface area contributed by atoms with Crippen molar-refractivity contribution >= 4 is 10.9 Å². The van der Waals surface area contributed by atoms with E-state index in [4.69, 9.17) is 9.47 Å². The van der Waals surface area contributed by atoms with Crippen LogP contribution in [0.4, 0.5) is 0 Å². The van der Waals surface area contributed by atoms with E-state index in [1.165, 1.54) is 6.07 Å². The standard InChI is InChI=1S/C12H11NO3.H2/c1-15-9-4-2-7(10-6-16-10)8-3-5-11(14)13-12(8)9;/h2-5,10H,6H2,1H3,(H,13,14);1H/t10-;/m0./s1. The molecule has 84 valence electrons. The van der Waals surface area contributed by atoms with E-state index in [9.17, 15) is 4.79 Å². The van der Waals surface area contributed by atoms with Crippen LogP contribution in [0.2, 0.25) is 0 Å². The number of nitrogens with one attached hydrogen (secondary N) is 1. The van der Waals surface area contributed by atoms with Gasteiger partial charge in [-0.3, -0.25) is 4.79 Å². The first-order valence-electron chi connectivity index (χ1n) is 5.11. The van der Waals surface area contributed by atoms with Crippen molar-refractivity contribution in [1.82, 2.24) is 4.98 Å². The number of methoxy groups -OCH3 is 1. The van der Waals surface area contributed by atoms with Crippen LogP contribution in [-0.2, 0) is 4.74 Å². The predicted octanol–water partition coefficient (Wildman–Crippen LogP) is 1.85. The van der Waals surface area contributed by atoms with Gasteiger partial charge in [0.15, 0.2) is 0 Å². The first kappa shape index (κ1) is 9.42. The van der Waals surface area contributed by atoms with Gasteiger partial charge in [-0.25, -0.2) is 0 Å². The first-order chi connectivity index (χ1) is 7.79. The van der Waals surface area contributed by atoms with Gasteiger partial charge in [-0.15, -0.1) is 0 Å². The Morgan fingerprint density at radius 1 is 1.44 bits per heavy atom. The molecule has 0 saturated carbocycles. The summed E-state index contributed by atoms with van der Waals surface area (Å²) in [5.74, 6) is 0.678. The van der Waals surface area contributed by atoms with E-state index >= 15 is 0 Å². The van der Waals surface area contributed by atoms with Gasteiger partial charge < -0.3 is 14.5 Å². The predicted molar refractivity (Wildman–Crippen MR) is 61.9 cm³/mol. The minimum absolute atomic E-state index is 0. The SMILES string of the molecule is COc1ccc([C@@H]2CO2)c2ccc(=O)[nH]c12.[HH]. The van der Waals surface area contributed by atoms with Crippen molar-refractivity contribution < 1.29 is 10.9 Å². The number of ether oxygens (including phenoxy) is 2. The number of hydrogen-bond acceptors (Lipinski definition) is 3. The highest BCUT2D eigenvalue weighted by Gasteiger charge is 2.27. The molecule has 0 amide bonds. The van der Waals surface area contributed by atoms with Gasteiger partial charge in [-0.2, -0.15) is 0 Å². The second kappa shape index (κ2) is 3.35. The molecule has 0 radical (unpaired) electrons. The molecule has 1 aliphatic heterocycles. The van der Waals surface area contributed by atoms with Crippen LogP contribution < -0.4 is 10.3 Å². The maximum absolute atomic E-state index is 11.3. The van der Waals surface area contributed by atoms with Gasteiger partial charge in [0.1, 0.15) is 11.9 Å². The topological polar surface area (TPSA) is 54.6 Å². The van der Waals surface area contributed by atoms with E-state index in [2.05, 4.69) is 4.98 Å². The van der Waals surface area contributed by atoms with Gasteiger partial charge in [0, 0.05) is 12.9 Å². The van der Waals surface area contributed by atoms with Crippen LogP contribution in [0.5, 0.6) is 5.75 Å². The number of fused-ring (bicyclic) bond motifs is 1. The van der Waals surface area contributed by atoms with E-state index in [-0.39, 0.29) is 13.1 Å². The summed E-state index contributed by atoms with van der Waals surface area (Å²) in [4.78, 5) is 14.1. The minimum atomic E-state index is -0.125. The number of rotatable bonds is 2. The van der Waals surface area contributed by atoms with E-state index in [1.54, 1.807) is 7.11 Å². The second-order valence-corrected chi connectivity index (χ2v) is 3.79. The number of hydrogen-bond donors (Lipinski definition) is 1. The summed E-state index contributed by atoms with van der Waals surface area (Å²) in [6, 6.07) is 7.17. The van der Waals surface area contributed by atoms with Gasteiger partial charge >= 0.3 is 0 Å². The van der Waals surface area contributed by atoms with Crippen LogP contribution in [0.3, 0.4) is 0 Å². The van der Waals surface area contributed by atoms with Crippen LogP contribution in [0.25, 0.3) is 10.9 Å². The third-order valence-electron chi connectivity index (χ3n) is 2.79. The highest BCUT2D eigenvalue weighted by atomic mass is 16.6. The Hall–Kier alpha value is -1.81. The normalized spacial score (nSPS) is 18.7. The molecule has 16 heavy (non-hydrogen) atoms. The van der Waals surface area contributed by atoms with Crippen molar-refractivity contribution in [3.05, 3.63) is 40.2 Å². The van der Waals surface area contributed by atoms with Crippen molar-refractivity contribution in [3.8, 4) is 5.75 Å². The molecular weight excluding hydrogens is 206 g/mol. The quantitative estimate of drug-likeness (QED) is 0.784. The molecule has 3 rings (SSSR count). The number of H-pyrrole nitrogens is 1. The van der Waals surface area contributed by atoms with Crippen molar-refractivity contribution in [3.63, 3.8) is 0 Å². The largest absolute Gasteiger partial charge is 0.495 e. The van der Waals surface area contributed by atoms with Crippen molar-refractivity contribution in [2.45, 2.75) is 6.10 Å². The third kappa shape index (κ3) is 1.39. The molecule has 0 bridgehead atoms. The molecule has 4 heteroatoms. The Labute approximate surface area is 93.3 Å². The fraction of sp³-hybridized carbons (Fsp3) is 0.250. The summed E-state index contributed by atoms with van der Waals surface area (Å²) in [7, 11) is 1.59. The second-order valence-electron chi connectivity index (χ2n) is 3.79. The zero-order valence-electron chi connectivity index (χ0n) is 8.82. The smallest absolute Gasteiger partial charge is 0.248 e. The van der Waals surface area contributed by atoms with Crippen LogP contribution in [0, 0.1) is 0 Å². The summed E-state index contributed by atoms with van der Waals surface area (Å²) in [5, 5.41) is 0.987. The monoisotopic (exact) mass is 219 g/mol. The van der Waals surface area contributed by atoms with Gasteiger partial charge in [0.25, 0.3) is 0 Å². The average molecular weight is 219 g/mol. The Morgan fingerprint density at radius 2 is 2.25 bits per heavy atom. The van der Waals surface area contributed by atoms with Gasteiger partial charge in [0.05, 0.1) is 19.2 Å². The molecule has 1 fully saturated rings. The molecule has 1 aromatic carbocycles. The number of epoxide rings is 1. The Kier molecular flexibility index (Phi) is 1.97. The van der Waals surface area contributed by atoms with Crippen LogP contribution in [0.1, 0.15) is 13.1 Å². The molecule has 0 aliphatic carbocycles. The van der Waals surface area contributed by atoms with E-state index in [1.807, 2.05) is 18.2 Å². The van der Waals surface area contributed by atoms with Crippen molar-refractivity contribution in [1.29, 1.82) is 0 Å². The lowest BCUT2D eigenvalue weighted by molar-refractivity contribution is 0.413. The first-order valence-corrected chi connectivity index (χ1v) is 5.11. The summed E-state index contributed by atoms with van der Waals surface area (Å²) in [6.07, 6.45) is 0.166. The van der Waals surface area contributed by atoms with Gasteiger partial charge in [0.2, 0.25) is 5.56 Å². The molecule has 2 aromatic rings. The van der Waals surface area contributed by atoms with Crippen molar-refractivity contribution in [2.75, 3.05) is 13.7 Å². The molecule has 2 heterocycles. The average Bonchev–Trinajstić information content (AvgIpc) is 3.11.